The fourth-order valence-corrected chi connectivity index (χ4v) is 4.45. The van der Waals surface area contributed by atoms with Crippen molar-refractivity contribution in [2.45, 2.75) is 31.1 Å². The molecule has 0 spiro atoms. The van der Waals surface area contributed by atoms with Crippen LogP contribution in [-0.4, -0.2) is 70.8 Å². The van der Waals surface area contributed by atoms with E-state index in [4.69, 9.17) is 24.2 Å². The second-order valence-corrected chi connectivity index (χ2v) is 10.2. The van der Waals surface area contributed by atoms with E-state index >= 15 is 0 Å². The first kappa shape index (κ1) is 25.4. The highest BCUT2D eigenvalue weighted by molar-refractivity contribution is 7.51. The summed E-state index contributed by atoms with van der Waals surface area (Å²) in [7, 11) is -4.38. The van der Waals surface area contributed by atoms with Gasteiger partial charge in [0.25, 0.3) is 0 Å². The average Bonchev–Trinajstić information content (AvgIpc) is 3.44. The van der Waals surface area contributed by atoms with Crippen molar-refractivity contribution in [3.63, 3.8) is 0 Å². The van der Waals surface area contributed by atoms with Crippen molar-refractivity contribution in [3.05, 3.63) is 72.6 Å². The number of nitrogens with zero attached hydrogens (tertiary/aromatic N) is 4. The van der Waals surface area contributed by atoms with Crippen LogP contribution >= 0.6 is 7.60 Å². The van der Waals surface area contributed by atoms with Crippen LogP contribution in [0, 0.1) is 0 Å². The second-order valence-electron chi connectivity index (χ2n) is 8.64. The zero-order valence-corrected chi connectivity index (χ0v) is 20.4. The van der Waals surface area contributed by atoms with Gasteiger partial charge in [0, 0.05) is 12.1 Å². The maximum atomic E-state index is 11.1. The predicted octanol–water partition coefficient (Wildman–Crippen LogP) is 1.88. The highest BCUT2D eigenvalue weighted by atomic mass is 31.2. The summed E-state index contributed by atoms with van der Waals surface area (Å²) in [4.78, 5) is 31.8. The Morgan fingerprint density at radius 2 is 1.70 bits per heavy atom. The fraction of sp³-hybridized carbons (Fsp3) is 0.292. The van der Waals surface area contributed by atoms with Gasteiger partial charge in [-0.3, -0.25) is 9.13 Å². The molecule has 1 unspecified atom stereocenters. The smallest absolute Gasteiger partial charge is 0.350 e. The molecule has 0 saturated carbocycles. The van der Waals surface area contributed by atoms with Crippen LogP contribution in [0.4, 0.5) is 5.82 Å². The van der Waals surface area contributed by atoms with Crippen LogP contribution in [0.15, 0.2) is 67.0 Å². The normalized spacial score (nSPS) is 21.9. The zero-order valence-electron chi connectivity index (χ0n) is 19.5. The van der Waals surface area contributed by atoms with Gasteiger partial charge in [-0.25, -0.2) is 15.0 Å². The molecular weight excluding hydrogens is 501 g/mol. The summed E-state index contributed by atoms with van der Waals surface area (Å²) in [5, 5.41) is 24.5. The van der Waals surface area contributed by atoms with E-state index in [1.807, 2.05) is 60.7 Å². The molecule has 0 aliphatic carbocycles. The molecule has 2 aromatic heterocycles. The summed E-state index contributed by atoms with van der Waals surface area (Å²) < 4.78 is 23.4. The third-order valence-corrected chi connectivity index (χ3v) is 6.43. The third-order valence-electron chi connectivity index (χ3n) is 5.91. The molecule has 194 valence electrons. The number of imidazole rings is 1. The molecule has 1 aliphatic rings. The highest BCUT2D eigenvalue weighted by Crippen LogP contribution is 2.36. The Balaban J connectivity index is 1.47. The highest BCUT2D eigenvalue weighted by Gasteiger charge is 2.44. The van der Waals surface area contributed by atoms with Crippen molar-refractivity contribution < 1.29 is 34.0 Å². The van der Waals surface area contributed by atoms with E-state index < -0.39 is 38.5 Å². The maximum absolute atomic E-state index is 11.1. The first-order valence-electron chi connectivity index (χ1n) is 11.5. The lowest BCUT2D eigenvalue weighted by Gasteiger charge is -2.17. The summed E-state index contributed by atoms with van der Waals surface area (Å²) in [6.07, 6.45) is -4.18. The Bertz CT molecular complexity index is 1400. The Morgan fingerprint density at radius 3 is 2.41 bits per heavy atom. The largest absolute Gasteiger partial charge is 0.387 e. The summed E-state index contributed by atoms with van der Waals surface area (Å²) in [5.74, 6) is 0.918. The Labute approximate surface area is 211 Å². The molecule has 4 aromatic rings. The van der Waals surface area contributed by atoms with E-state index in [2.05, 4.69) is 15.3 Å². The molecule has 1 fully saturated rings. The van der Waals surface area contributed by atoms with Crippen molar-refractivity contribution in [2.75, 3.05) is 18.3 Å². The summed E-state index contributed by atoms with van der Waals surface area (Å²) in [5.41, 5.74) is 2.64. The molecule has 1 aliphatic heterocycles. The van der Waals surface area contributed by atoms with E-state index in [-0.39, 0.29) is 6.61 Å². The molecule has 1 saturated heterocycles. The number of nitrogens with one attached hydrogen (secondary N) is 1. The number of aliphatic hydroxyl groups is 2. The fourth-order valence-electron chi connectivity index (χ4n) is 4.11. The summed E-state index contributed by atoms with van der Waals surface area (Å²) in [6, 6.07) is 19.2. The monoisotopic (exact) mass is 527 g/mol. The number of anilines is 1. The van der Waals surface area contributed by atoms with Crippen molar-refractivity contribution in [1.82, 2.24) is 19.5 Å². The standard InChI is InChI=1S/C24H26N5O7P/c30-19-17(12-35-14-37(32,33)34)36-24(20(19)31)29-13-26-18-22(25-11-15-7-3-1-4-8-15)27-21(28-23(18)29)16-9-5-2-6-10-16/h1-10,13,17,19-20,24,30-31H,11-12,14H2,(H,25,27,28)(H2,32,33,34)/t17?,19-,20-,24-/m1/s1. The molecule has 0 amide bonds. The summed E-state index contributed by atoms with van der Waals surface area (Å²) in [6.45, 7) is 0.175. The molecule has 5 N–H and O–H groups in total. The molecule has 0 radical (unpaired) electrons. The Morgan fingerprint density at radius 1 is 1.00 bits per heavy atom. The number of hydrogen-bond acceptors (Lipinski definition) is 9. The van der Waals surface area contributed by atoms with Gasteiger partial charge in [0.15, 0.2) is 29.0 Å². The van der Waals surface area contributed by atoms with Gasteiger partial charge < -0.3 is 34.8 Å². The molecule has 12 nitrogen and oxygen atoms in total. The molecule has 2 aromatic carbocycles. The number of aliphatic hydroxyl groups excluding tert-OH is 2. The Hall–Kier alpha value is -3.22. The van der Waals surface area contributed by atoms with Gasteiger partial charge in [-0.2, -0.15) is 0 Å². The maximum Gasteiger partial charge on any atom is 0.350 e. The second kappa shape index (κ2) is 10.6. The average molecular weight is 527 g/mol. The lowest BCUT2D eigenvalue weighted by Crippen LogP contribution is -2.33. The molecule has 37 heavy (non-hydrogen) atoms. The van der Waals surface area contributed by atoms with Crippen molar-refractivity contribution >= 4 is 24.6 Å². The molecule has 4 atom stereocenters. The van der Waals surface area contributed by atoms with E-state index in [0.29, 0.717) is 29.4 Å². The van der Waals surface area contributed by atoms with Crippen LogP contribution in [0.5, 0.6) is 0 Å². The van der Waals surface area contributed by atoms with Crippen molar-refractivity contribution in [1.29, 1.82) is 0 Å². The lowest BCUT2D eigenvalue weighted by molar-refractivity contribution is -0.0612. The molecule has 5 rings (SSSR count). The number of hydrogen-bond donors (Lipinski definition) is 5. The molecule has 3 heterocycles. The minimum atomic E-state index is -4.38. The van der Waals surface area contributed by atoms with Crippen LogP contribution in [0.25, 0.3) is 22.6 Å². The van der Waals surface area contributed by atoms with Gasteiger partial charge in [-0.05, 0) is 5.56 Å². The van der Waals surface area contributed by atoms with Crippen LogP contribution < -0.4 is 5.32 Å². The molecule has 13 heteroatoms. The number of rotatable bonds is 9. The van der Waals surface area contributed by atoms with E-state index in [1.54, 1.807) is 0 Å². The first-order valence-corrected chi connectivity index (χ1v) is 13.3. The number of ether oxygens (including phenoxy) is 2. The first-order chi connectivity index (χ1) is 17.8. The lowest BCUT2D eigenvalue weighted by atomic mass is 10.1. The van der Waals surface area contributed by atoms with Crippen LogP contribution in [0.1, 0.15) is 11.8 Å². The van der Waals surface area contributed by atoms with E-state index in [0.717, 1.165) is 11.1 Å². The van der Waals surface area contributed by atoms with Gasteiger partial charge in [-0.1, -0.05) is 60.7 Å². The zero-order chi connectivity index (χ0) is 26.0. The Kier molecular flexibility index (Phi) is 7.31. The van der Waals surface area contributed by atoms with E-state index in [9.17, 15) is 14.8 Å². The minimum Gasteiger partial charge on any atom is -0.387 e. The third kappa shape index (κ3) is 5.71. The molecular formula is C24H26N5O7P. The van der Waals surface area contributed by atoms with Crippen molar-refractivity contribution in [2.24, 2.45) is 0 Å². The van der Waals surface area contributed by atoms with Gasteiger partial charge in [0.1, 0.15) is 24.7 Å². The van der Waals surface area contributed by atoms with Crippen LogP contribution in [0.3, 0.4) is 0 Å². The van der Waals surface area contributed by atoms with E-state index in [1.165, 1.54) is 10.9 Å². The SMILES string of the molecule is O=P(O)(O)COCC1O[C@@H](n2cnc3c(NCc4ccccc4)nc(-c4ccccc4)nc32)[C@H](O)[C@@H]1O. The van der Waals surface area contributed by atoms with Crippen LogP contribution in [-0.2, 0) is 20.6 Å². The number of aromatic nitrogens is 4. The van der Waals surface area contributed by atoms with Gasteiger partial charge in [0.2, 0.25) is 0 Å². The quantitative estimate of drug-likeness (QED) is 0.201. The predicted molar refractivity (Wildman–Crippen MR) is 133 cm³/mol. The number of fused-ring (bicyclic) bond motifs is 1. The topological polar surface area (TPSA) is 172 Å². The van der Waals surface area contributed by atoms with Gasteiger partial charge >= 0.3 is 7.60 Å². The number of benzene rings is 2. The van der Waals surface area contributed by atoms with Crippen molar-refractivity contribution in [3.8, 4) is 11.4 Å². The summed E-state index contributed by atoms with van der Waals surface area (Å²) >= 11 is 0. The van der Waals surface area contributed by atoms with Gasteiger partial charge in [0.05, 0.1) is 12.9 Å². The molecule has 0 bridgehead atoms. The minimum absolute atomic E-state index is 0.319. The van der Waals surface area contributed by atoms with Gasteiger partial charge in [-0.15, -0.1) is 0 Å². The van der Waals surface area contributed by atoms with Crippen LogP contribution in [0.2, 0.25) is 0 Å².